The number of nitrogens with zero attached hydrogens (tertiary/aromatic N) is 1. The van der Waals surface area contributed by atoms with E-state index in [4.69, 9.17) is 10.7 Å². The van der Waals surface area contributed by atoms with Gasteiger partial charge in [-0.2, -0.15) is 0 Å². The lowest BCUT2D eigenvalue weighted by Crippen LogP contribution is -1.96. The van der Waals surface area contributed by atoms with E-state index in [2.05, 4.69) is 4.98 Å². The highest BCUT2D eigenvalue weighted by Crippen LogP contribution is 2.05. The number of hydrogen-bond donors (Lipinski definition) is 0. The molecule has 3 nitrogen and oxygen atoms in total. The largest absolute Gasteiger partial charge is 0.260 e. The van der Waals surface area contributed by atoms with Crippen LogP contribution in [-0.4, -0.2) is 13.4 Å². The Bertz CT molecular complexity index is 325. The van der Waals surface area contributed by atoms with Crippen molar-refractivity contribution in [3.05, 3.63) is 30.1 Å². The molecule has 0 unspecified atom stereocenters. The van der Waals surface area contributed by atoms with Crippen molar-refractivity contribution in [1.82, 2.24) is 4.98 Å². The maximum atomic E-state index is 10.5. The summed E-state index contributed by atoms with van der Waals surface area (Å²) in [6.07, 6.45) is 1.53. The number of hydrogen-bond acceptors (Lipinski definition) is 3. The third kappa shape index (κ3) is 4.54. The lowest BCUT2D eigenvalue weighted by Gasteiger charge is -1.93. The van der Waals surface area contributed by atoms with E-state index >= 15 is 0 Å². The quantitative estimate of drug-likeness (QED) is 0.722. The van der Waals surface area contributed by atoms with Crippen LogP contribution in [0.2, 0.25) is 0 Å². The Balaban J connectivity index is 0.00000121. The second-order valence-corrected chi connectivity index (χ2v) is 4.78. The van der Waals surface area contributed by atoms with E-state index in [-0.39, 0.29) is 18.2 Å². The maximum absolute atomic E-state index is 10.5. The van der Waals surface area contributed by atoms with Crippen molar-refractivity contribution in [2.75, 3.05) is 0 Å². The van der Waals surface area contributed by atoms with E-state index in [1.54, 1.807) is 18.2 Å². The molecule has 0 saturated carbocycles. The van der Waals surface area contributed by atoms with Gasteiger partial charge in [0.1, 0.15) is 5.75 Å². The van der Waals surface area contributed by atoms with Gasteiger partial charge in [0.15, 0.2) is 0 Å². The smallest absolute Gasteiger partial charge is 0.238 e. The van der Waals surface area contributed by atoms with Crippen molar-refractivity contribution in [3.63, 3.8) is 0 Å². The lowest BCUT2D eigenvalue weighted by molar-refractivity contribution is 0.608. The fourth-order valence-electron chi connectivity index (χ4n) is 0.660. The first-order valence-corrected chi connectivity index (χ1v) is 5.38. The normalized spacial score (nSPS) is 10.4. The van der Waals surface area contributed by atoms with Crippen LogP contribution < -0.4 is 0 Å². The van der Waals surface area contributed by atoms with Crippen LogP contribution in [0.3, 0.4) is 0 Å². The fraction of sp³-hybridized carbons (Fsp3) is 0.167. The minimum atomic E-state index is -3.47. The van der Waals surface area contributed by atoms with Crippen molar-refractivity contribution in [3.8, 4) is 0 Å². The van der Waals surface area contributed by atoms with Gasteiger partial charge in [0.25, 0.3) is 0 Å². The Kier molecular flexibility index (Phi) is 4.52. The van der Waals surface area contributed by atoms with Crippen molar-refractivity contribution in [1.29, 1.82) is 0 Å². The fourth-order valence-corrected chi connectivity index (χ4v) is 1.52. The predicted octanol–water partition coefficient (Wildman–Crippen LogP) is 1.57. The Labute approximate surface area is 81.6 Å². The zero-order chi connectivity index (χ0) is 8.32. The average molecular weight is 228 g/mol. The van der Waals surface area contributed by atoms with Crippen molar-refractivity contribution in [2.24, 2.45) is 0 Å². The van der Waals surface area contributed by atoms with Gasteiger partial charge >= 0.3 is 0 Å². The van der Waals surface area contributed by atoms with E-state index in [0.717, 1.165) is 0 Å². The summed E-state index contributed by atoms with van der Waals surface area (Å²) in [6.45, 7) is 0. The molecule has 0 saturated heterocycles. The van der Waals surface area contributed by atoms with Crippen molar-refractivity contribution >= 4 is 32.1 Å². The molecular formula is C6H7Cl2NO2S. The number of halogens is 2. The Hall–Kier alpha value is -0.320. The molecule has 0 radical (unpaired) electrons. The first-order chi connectivity index (χ1) is 5.08. The molecule has 68 valence electrons. The molecule has 0 aromatic carbocycles. The van der Waals surface area contributed by atoms with Crippen LogP contribution in [0, 0.1) is 0 Å². The molecule has 0 N–H and O–H groups in total. The minimum Gasteiger partial charge on any atom is -0.260 e. The van der Waals surface area contributed by atoms with Crippen LogP contribution in [0.25, 0.3) is 0 Å². The van der Waals surface area contributed by atoms with Crippen LogP contribution in [0.4, 0.5) is 0 Å². The highest BCUT2D eigenvalue weighted by atomic mass is 35.7. The van der Waals surface area contributed by atoms with Gasteiger partial charge in [0.05, 0.1) is 5.69 Å². The SMILES string of the molecule is Cl.O=S(=O)(Cl)Cc1ccccn1. The monoisotopic (exact) mass is 227 g/mol. The van der Waals surface area contributed by atoms with E-state index in [0.29, 0.717) is 5.69 Å². The van der Waals surface area contributed by atoms with E-state index in [1.807, 2.05) is 0 Å². The van der Waals surface area contributed by atoms with Gasteiger partial charge in [-0.1, -0.05) is 6.07 Å². The average Bonchev–Trinajstić information content (AvgIpc) is 1.85. The summed E-state index contributed by atoms with van der Waals surface area (Å²) in [5, 5.41) is 0. The molecule has 0 bridgehead atoms. The summed E-state index contributed by atoms with van der Waals surface area (Å²) in [5.41, 5.74) is 0.461. The molecule has 0 amide bonds. The molecule has 6 heteroatoms. The zero-order valence-electron chi connectivity index (χ0n) is 5.97. The van der Waals surface area contributed by atoms with Crippen molar-refractivity contribution < 1.29 is 8.42 Å². The second-order valence-electron chi connectivity index (χ2n) is 2.00. The highest BCUT2D eigenvalue weighted by molar-refractivity contribution is 8.13. The second kappa shape index (κ2) is 4.64. The summed E-state index contributed by atoms with van der Waals surface area (Å²) in [7, 11) is 1.53. The first-order valence-electron chi connectivity index (χ1n) is 2.90. The van der Waals surface area contributed by atoms with Gasteiger partial charge in [-0.05, 0) is 12.1 Å². The van der Waals surface area contributed by atoms with Gasteiger partial charge in [0.2, 0.25) is 9.05 Å². The summed E-state index contributed by atoms with van der Waals surface area (Å²) < 4.78 is 21.1. The summed E-state index contributed by atoms with van der Waals surface area (Å²) in [6, 6.07) is 5.04. The van der Waals surface area contributed by atoms with Crippen molar-refractivity contribution in [2.45, 2.75) is 5.75 Å². The van der Waals surface area contributed by atoms with Crippen LogP contribution in [0.15, 0.2) is 24.4 Å². The van der Waals surface area contributed by atoms with Gasteiger partial charge in [-0.3, -0.25) is 4.98 Å². The first kappa shape index (κ1) is 11.7. The molecule has 0 fully saturated rings. The molecule has 0 atom stereocenters. The van der Waals surface area contributed by atoms with Crippen LogP contribution in [0.1, 0.15) is 5.69 Å². The van der Waals surface area contributed by atoms with Crippen LogP contribution in [0.5, 0.6) is 0 Å². The number of pyridine rings is 1. The maximum Gasteiger partial charge on any atom is 0.238 e. The molecule has 0 aliphatic rings. The Morgan fingerprint density at radius 3 is 2.50 bits per heavy atom. The summed E-state index contributed by atoms with van der Waals surface area (Å²) in [4.78, 5) is 3.80. The van der Waals surface area contributed by atoms with Gasteiger partial charge in [-0.15, -0.1) is 12.4 Å². The van der Waals surface area contributed by atoms with Gasteiger partial charge in [0, 0.05) is 16.9 Å². The summed E-state index contributed by atoms with van der Waals surface area (Å²) >= 11 is 0. The predicted molar refractivity (Wildman–Crippen MR) is 50.0 cm³/mol. The third-order valence-electron chi connectivity index (χ3n) is 1.05. The molecule has 1 aromatic heterocycles. The molecule has 12 heavy (non-hydrogen) atoms. The lowest BCUT2D eigenvalue weighted by atomic mass is 10.4. The molecular weight excluding hydrogens is 221 g/mol. The third-order valence-corrected chi connectivity index (χ3v) is 2.01. The molecule has 0 aliphatic carbocycles. The molecule has 0 spiro atoms. The molecule has 1 heterocycles. The molecule has 1 rings (SSSR count). The zero-order valence-corrected chi connectivity index (χ0v) is 8.36. The molecule has 1 aromatic rings. The van der Waals surface area contributed by atoms with E-state index in [1.165, 1.54) is 6.20 Å². The highest BCUT2D eigenvalue weighted by Gasteiger charge is 2.06. The van der Waals surface area contributed by atoms with Gasteiger partial charge in [-0.25, -0.2) is 8.42 Å². The van der Waals surface area contributed by atoms with E-state index < -0.39 is 9.05 Å². The Morgan fingerprint density at radius 2 is 2.08 bits per heavy atom. The van der Waals surface area contributed by atoms with Crippen LogP contribution >= 0.6 is 23.1 Å². The number of rotatable bonds is 2. The number of aromatic nitrogens is 1. The molecule has 0 aliphatic heterocycles. The standard InChI is InChI=1S/C6H6ClNO2S.ClH/c7-11(9,10)5-6-3-1-2-4-8-6;/h1-4H,5H2;1H. The minimum absolute atomic E-state index is 0. The van der Waals surface area contributed by atoms with Gasteiger partial charge < -0.3 is 0 Å². The Morgan fingerprint density at radius 1 is 1.42 bits per heavy atom. The topological polar surface area (TPSA) is 47.0 Å². The van der Waals surface area contributed by atoms with Crippen LogP contribution in [-0.2, 0) is 14.8 Å². The van der Waals surface area contributed by atoms with E-state index in [9.17, 15) is 8.42 Å². The summed E-state index contributed by atoms with van der Waals surface area (Å²) in [5.74, 6) is -0.213.